The van der Waals surface area contributed by atoms with Gasteiger partial charge in [-0.3, -0.25) is 4.98 Å². The van der Waals surface area contributed by atoms with E-state index in [-0.39, 0.29) is 0 Å². The summed E-state index contributed by atoms with van der Waals surface area (Å²) < 4.78 is 5.42. The number of anilines is 1. The first-order valence-electron chi connectivity index (χ1n) is 6.79. The zero-order chi connectivity index (χ0) is 13.1. The van der Waals surface area contributed by atoms with Crippen LogP contribution in [0.15, 0.2) is 30.5 Å². The van der Waals surface area contributed by atoms with Gasteiger partial charge in [-0.25, -0.2) is 4.98 Å². The molecule has 1 aromatic heterocycles. The van der Waals surface area contributed by atoms with Gasteiger partial charge >= 0.3 is 0 Å². The van der Waals surface area contributed by atoms with E-state index in [1.54, 1.807) is 0 Å². The van der Waals surface area contributed by atoms with Gasteiger partial charge < -0.3 is 10.1 Å². The maximum atomic E-state index is 5.42. The smallest absolute Gasteiger partial charge is 0.145 e. The maximum Gasteiger partial charge on any atom is 0.145 e. The fraction of sp³-hybridized carbons (Fsp3) is 0.467. The van der Waals surface area contributed by atoms with Crippen molar-refractivity contribution < 1.29 is 4.74 Å². The quantitative estimate of drug-likeness (QED) is 0.918. The Morgan fingerprint density at radius 2 is 1.95 bits per heavy atom. The number of hydrogen-bond donors (Lipinski definition) is 1. The largest absolute Gasteiger partial charge is 0.381 e. The molecule has 0 bridgehead atoms. The third-order valence-electron chi connectivity index (χ3n) is 3.84. The van der Waals surface area contributed by atoms with Gasteiger partial charge in [0.15, 0.2) is 0 Å². The van der Waals surface area contributed by atoms with Gasteiger partial charge in [0.25, 0.3) is 0 Å². The van der Waals surface area contributed by atoms with Gasteiger partial charge in [-0.2, -0.15) is 0 Å². The zero-order valence-corrected chi connectivity index (χ0v) is 11.2. The molecule has 0 spiro atoms. The minimum Gasteiger partial charge on any atom is -0.381 e. The monoisotopic (exact) mass is 257 g/mol. The number of aromatic nitrogens is 2. The molecule has 1 saturated heterocycles. The number of rotatable bonds is 3. The van der Waals surface area contributed by atoms with Crippen molar-refractivity contribution in [1.29, 1.82) is 0 Å². The van der Waals surface area contributed by atoms with Gasteiger partial charge in [-0.1, -0.05) is 19.1 Å². The van der Waals surface area contributed by atoms with Crippen LogP contribution in [0, 0.1) is 5.41 Å². The first-order valence-corrected chi connectivity index (χ1v) is 6.79. The molecule has 100 valence electrons. The van der Waals surface area contributed by atoms with Crippen molar-refractivity contribution in [3.63, 3.8) is 0 Å². The summed E-state index contributed by atoms with van der Waals surface area (Å²) in [6.07, 6.45) is 4.01. The van der Waals surface area contributed by atoms with Gasteiger partial charge in [-0.05, 0) is 30.4 Å². The SMILES string of the molecule is CC1(CNc2cnc3ccccc3n2)CCOCC1. The summed E-state index contributed by atoms with van der Waals surface area (Å²) in [4.78, 5) is 9.00. The lowest BCUT2D eigenvalue weighted by atomic mass is 9.82. The second kappa shape index (κ2) is 5.13. The highest BCUT2D eigenvalue weighted by Gasteiger charge is 2.27. The first-order chi connectivity index (χ1) is 9.25. The van der Waals surface area contributed by atoms with E-state index in [4.69, 9.17) is 4.74 Å². The number of para-hydroxylation sites is 2. The van der Waals surface area contributed by atoms with Gasteiger partial charge in [0.05, 0.1) is 17.2 Å². The second-order valence-corrected chi connectivity index (χ2v) is 5.52. The predicted molar refractivity (Wildman–Crippen MR) is 76.2 cm³/mol. The van der Waals surface area contributed by atoms with Crippen molar-refractivity contribution >= 4 is 16.9 Å². The van der Waals surface area contributed by atoms with Crippen LogP contribution in [-0.4, -0.2) is 29.7 Å². The Kier molecular flexibility index (Phi) is 3.34. The lowest BCUT2D eigenvalue weighted by Gasteiger charge is -2.33. The average Bonchev–Trinajstić information content (AvgIpc) is 2.46. The standard InChI is InChI=1S/C15H19N3O/c1-15(6-8-19-9-7-15)11-17-14-10-16-12-4-2-3-5-13(12)18-14/h2-5,10H,6-9,11H2,1H3,(H,17,18). The summed E-state index contributed by atoms with van der Waals surface area (Å²) in [5.74, 6) is 0.853. The molecule has 4 nitrogen and oxygen atoms in total. The van der Waals surface area contributed by atoms with Crippen LogP contribution in [0.25, 0.3) is 11.0 Å². The topological polar surface area (TPSA) is 47.0 Å². The van der Waals surface area contributed by atoms with Gasteiger partial charge in [-0.15, -0.1) is 0 Å². The minimum absolute atomic E-state index is 0.297. The molecule has 1 aromatic carbocycles. The molecule has 3 rings (SSSR count). The van der Waals surface area contributed by atoms with E-state index in [2.05, 4.69) is 22.2 Å². The van der Waals surface area contributed by atoms with Crippen molar-refractivity contribution in [2.24, 2.45) is 5.41 Å². The lowest BCUT2D eigenvalue weighted by Crippen LogP contribution is -2.33. The number of benzene rings is 1. The highest BCUT2D eigenvalue weighted by molar-refractivity contribution is 5.75. The Labute approximate surface area is 113 Å². The summed E-state index contributed by atoms with van der Waals surface area (Å²) in [5.41, 5.74) is 2.17. The van der Waals surface area contributed by atoms with E-state index < -0.39 is 0 Å². The van der Waals surface area contributed by atoms with Crippen LogP contribution in [0.4, 0.5) is 5.82 Å². The molecule has 0 aliphatic carbocycles. The molecular formula is C15H19N3O. The number of nitrogens with zero attached hydrogens (tertiary/aromatic N) is 2. The van der Waals surface area contributed by atoms with Crippen molar-refractivity contribution in [1.82, 2.24) is 9.97 Å². The molecule has 2 heterocycles. The molecule has 0 atom stereocenters. The van der Waals surface area contributed by atoms with Gasteiger partial charge in [0, 0.05) is 19.8 Å². The minimum atomic E-state index is 0.297. The van der Waals surface area contributed by atoms with Crippen LogP contribution in [-0.2, 0) is 4.74 Å². The van der Waals surface area contributed by atoms with E-state index in [1.807, 2.05) is 30.5 Å². The van der Waals surface area contributed by atoms with Crippen LogP contribution in [0.2, 0.25) is 0 Å². The molecule has 2 aromatic rings. The first kappa shape index (κ1) is 12.4. The lowest BCUT2D eigenvalue weighted by molar-refractivity contribution is 0.0300. The third-order valence-corrected chi connectivity index (χ3v) is 3.84. The predicted octanol–water partition coefficient (Wildman–Crippen LogP) is 2.86. The normalized spacial score (nSPS) is 18.4. The molecule has 0 saturated carbocycles. The summed E-state index contributed by atoms with van der Waals surface area (Å²) in [6.45, 7) is 4.95. The Bertz CT molecular complexity index is 564. The average molecular weight is 257 g/mol. The van der Waals surface area contributed by atoms with Crippen LogP contribution in [0.5, 0.6) is 0 Å². The Balaban J connectivity index is 1.71. The molecule has 0 radical (unpaired) electrons. The molecule has 1 N–H and O–H groups in total. The second-order valence-electron chi connectivity index (χ2n) is 5.52. The molecule has 19 heavy (non-hydrogen) atoms. The fourth-order valence-corrected chi connectivity index (χ4v) is 2.39. The highest BCUT2D eigenvalue weighted by atomic mass is 16.5. The van der Waals surface area contributed by atoms with Gasteiger partial charge in [0.1, 0.15) is 5.82 Å². The van der Waals surface area contributed by atoms with E-state index in [0.717, 1.165) is 49.5 Å². The van der Waals surface area contributed by atoms with Crippen LogP contribution in [0.1, 0.15) is 19.8 Å². The Morgan fingerprint density at radius 3 is 2.74 bits per heavy atom. The molecule has 0 unspecified atom stereocenters. The molecule has 0 amide bonds. The molecular weight excluding hydrogens is 238 g/mol. The number of ether oxygens (including phenoxy) is 1. The van der Waals surface area contributed by atoms with E-state index in [9.17, 15) is 0 Å². The molecule has 1 aliphatic heterocycles. The number of hydrogen-bond acceptors (Lipinski definition) is 4. The molecule has 4 heteroatoms. The fourth-order valence-electron chi connectivity index (χ4n) is 2.39. The van der Waals surface area contributed by atoms with Crippen molar-refractivity contribution in [3.05, 3.63) is 30.5 Å². The van der Waals surface area contributed by atoms with Crippen molar-refractivity contribution in [3.8, 4) is 0 Å². The summed E-state index contributed by atoms with van der Waals surface area (Å²) in [5, 5.41) is 3.42. The Hall–Kier alpha value is -1.68. The molecule has 1 aliphatic rings. The van der Waals surface area contributed by atoms with Crippen LogP contribution in [0.3, 0.4) is 0 Å². The summed E-state index contributed by atoms with van der Waals surface area (Å²) in [6, 6.07) is 7.93. The van der Waals surface area contributed by atoms with Crippen LogP contribution < -0.4 is 5.32 Å². The maximum absolute atomic E-state index is 5.42. The Morgan fingerprint density at radius 1 is 1.21 bits per heavy atom. The number of fused-ring (bicyclic) bond motifs is 1. The van der Waals surface area contributed by atoms with Crippen molar-refractivity contribution in [2.75, 3.05) is 25.1 Å². The summed E-state index contributed by atoms with van der Waals surface area (Å²) >= 11 is 0. The van der Waals surface area contributed by atoms with E-state index in [1.165, 1.54) is 0 Å². The van der Waals surface area contributed by atoms with E-state index in [0.29, 0.717) is 5.41 Å². The zero-order valence-electron chi connectivity index (χ0n) is 11.2. The van der Waals surface area contributed by atoms with Gasteiger partial charge in [0.2, 0.25) is 0 Å². The van der Waals surface area contributed by atoms with Crippen LogP contribution >= 0.6 is 0 Å². The number of nitrogens with one attached hydrogen (secondary N) is 1. The van der Waals surface area contributed by atoms with E-state index >= 15 is 0 Å². The highest BCUT2D eigenvalue weighted by Crippen LogP contribution is 2.29. The summed E-state index contributed by atoms with van der Waals surface area (Å²) in [7, 11) is 0. The molecule has 1 fully saturated rings. The van der Waals surface area contributed by atoms with Crippen molar-refractivity contribution in [2.45, 2.75) is 19.8 Å². The third kappa shape index (κ3) is 2.84.